The molecule has 22 nitrogen and oxygen atoms in total. The Balaban J connectivity index is 2.67. The summed E-state index contributed by atoms with van der Waals surface area (Å²) in [4.78, 5) is 98.1. The maximum Gasteiger partial charge on any atom is 0.407 e. The number of carboxylic acid groups (broad SMARTS) is 1. The number of primary amides is 1. The number of nitrogens with one attached hydrogen (secondary N) is 6. The third-order valence-electron chi connectivity index (χ3n) is 8.19. The van der Waals surface area contributed by atoms with Crippen molar-refractivity contribution in [3.05, 3.63) is 29.8 Å². The number of urea groups is 1. The summed E-state index contributed by atoms with van der Waals surface area (Å²) in [5.74, 6) is -4.88. The van der Waals surface area contributed by atoms with Gasteiger partial charge in [0.25, 0.3) is 0 Å². The molecule has 0 saturated heterocycles. The average molecular weight is 870 g/mol. The van der Waals surface area contributed by atoms with Gasteiger partial charge in [-0.3, -0.25) is 28.8 Å². The number of aliphatic carboxylic acids is 1. The largest absolute Gasteiger partial charge is 0.481 e. The topological polar surface area (TPSA) is 310 Å². The molecule has 61 heavy (non-hydrogen) atoms. The van der Waals surface area contributed by atoms with Gasteiger partial charge in [0.05, 0.1) is 59.5 Å². The number of nitrogens with two attached hydrogens (primary N) is 1. The first kappa shape index (κ1) is 53.4. The number of esters is 1. The Morgan fingerprint density at radius 1 is 0.672 bits per heavy atom. The Bertz CT molecular complexity index is 1510. The van der Waals surface area contributed by atoms with Crippen molar-refractivity contribution in [3.8, 4) is 0 Å². The fourth-order valence-electron chi connectivity index (χ4n) is 5.07. The normalized spacial score (nSPS) is 12.3. The van der Waals surface area contributed by atoms with Gasteiger partial charge in [0, 0.05) is 38.5 Å². The van der Waals surface area contributed by atoms with E-state index in [4.69, 9.17) is 34.2 Å². The summed E-state index contributed by atoms with van der Waals surface area (Å²) < 4.78 is 31.3. The second kappa shape index (κ2) is 32.2. The number of carbonyl (C=O) groups is 8. The van der Waals surface area contributed by atoms with Crippen molar-refractivity contribution in [1.29, 1.82) is 0 Å². The SMILES string of the molecule is CCOC(=O)NCCOCCOCCOCCOCCC(=O)N[C@@H](CCC(=O)O)C(=O)N[C@H](C(=O)N[C@@H](CCCNC(N)=O)C(=O)Nc1ccc(COC(C)=O)cc1)C(C)C. The average Bonchev–Trinajstić information content (AvgIpc) is 3.20. The minimum atomic E-state index is -1.31. The molecule has 0 aliphatic rings. The Labute approximate surface area is 355 Å². The number of ether oxygens (including phenoxy) is 6. The summed E-state index contributed by atoms with van der Waals surface area (Å²) in [5.41, 5.74) is 6.21. The molecule has 0 heterocycles. The zero-order valence-electron chi connectivity index (χ0n) is 35.4. The van der Waals surface area contributed by atoms with Gasteiger partial charge in [-0.25, -0.2) is 9.59 Å². The van der Waals surface area contributed by atoms with Gasteiger partial charge in [-0.2, -0.15) is 0 Å². The van der Waals surface area contributed by atoms with Crippen molar-refractivity contribution in [2.45, 2.75) is 84.5 Å². The minimum Gasteiger partial charge on any atom is -0.481 e. The summed E-state index contributed by atoms with van der Waals surface area (Å²) in [7, 11) is 0. The molecular formula is C39H63N7O15. The molecule has 1 aromatic rings. The van der Waals surface area contributed by atoms with Crippen LogP contribution in [0, 0.1) is 5.92 Å². The molecule has 22 heteroatoms. The molecule has 0 unspecified atom stereocenters. The smallest absolute Gasteiger partial charge is 0.407 e. The van der Waals surface area contributed by atoms with Crippen molar-refractivity contribution in [2.75, 3.05) is 77.9 Å². The van der Waals surface area contributed by atoms with Crippen LogP contribution in [0.3, 0.4) is 0 Å². The van der Waals surface area contributed by atoms with Gasteiger partial charge in [-0.05, 0) is 49.8 Å². The first-order chi connectivity index (χ1) is 29.1. The second-order valence-corrected chi connectivity index (χ2v) is 13.6. The fourth-order valence-corrected chi connectivity index (χ4v) is 5.07. The highest BCUT2D eigenvalue weighted by Crippen LogP contribution is 2.13. The Morgan fingerprint density at radius 2 is 1.26 bits per heavy atom. The number of anilines is 1. The molecule has 1 aromatic carbocycles. The molecule has 7 amide bonds. The molecule has 0 spiro atoms. The number of hydrogen-bond acceptors (Lipinski definition) is 14. The molecule has 344 valence electrons. The lowest BCUT2D eigenvalue weighted by Gasteiger charge is -2.27. The van der Waals surface area contributed by atoms with E-state index in [0.717, 1.165) is 0 Å². The van der Waals surface area contributed by atoms with Crippen LogP contribution < -0.4 is 37.6 Å². The maximum absolute atomic E-state index is 13.6. The van der Waals surface area contributed by atoms with Crippen LogP contribution in [-0.4, -0.2) is 143 Å². The number of carbonyl (C=O) groups excluding carboxylic acids is 7. The molecule has 0 saturated carbocycles. The lowest BCUT2D eigenvalue weighted by molar-refractivity contribution is -0.142. The molecule has 3 atom stereocenters. The highest BCUT2D eigenvalue weighted by molar-refractivity contribution is 5.99. The molecule has 0 radical (unpaired) electrons. The van der Waals surface area contributed by atoms with Gasteiger partial charge in [0.15, 0.2) is 0 Å². The molecule has 0 bridgehead atoms. The number of benzene rings is 1. The predicted molar refractivity (Wildman–Crippen MR) is 218 cm³/mol. The molecule has 0 aliphatic carbocycles. The van der Waals surface area contributed by atoms with E-state index in [1.165, 1.54) is 6.92 Å². The quantitative estimate of drug-likeness (QED) is 0.0348. The van der Waals surface area contributed by atoms with Crippen molar-refractivity contribution in [1.82, 2.24) is 26.6 Å². The van der Waals surface area contributed by atoms with Gasteiger partial charge >= 0.3 is 24.1 Å². The van der Waals surface area contributed by atoms with Crippen molar-refractivity contribution in [2.24, 2.45) is 11.7 Å². The summed E-state index contributed by atoms with van der Waals surface area (Å²) in [6, 6.07) is 2.07. The number of carboxylic acids is 1. The zero-order valence-corrected chi connectivity index (χ0v) is 35.4. The van der Waals surface area contributed by atoms with Crippen LogP contribution in [0.25, 0.3) is 0 Å². The number of amides is 7. The summed E-state index contributed by atoms with van der Waals surface area (Å²) >= 11 is 0. The van der Waals surface area contributed by atoms with Crippen LogP contribution in [0.4, 0.5) is 15.3 Å². The molecule has 9 N–H and O–H groups in total. The number of rotatable bonds is 33. The van der Waals surface area contributed by atoms with Crippen LogP contribution in [0.2, 0.25) is 0 Å². The molecule has 1 rings (SSSR count). The molecule has 0 aromatic heterocycles. The van der Waals surface area contributed by atoms with Gasteiger partial charge in [0.1, 0.15) is 24.7 Å². The van der Waals surface area contributed by atoms with E-state index >= 15 is 0 Å². The van der Waals surface area contributed by atoms with Crippen LogP contribution in [0.5, 0.6) is 0 Å². The summed E-state index contributed by atoms with van der Waals surface area (Å²) in [6.07, 6.45) is -1.07. The Morgan fingerprint density at radius 3 is 1.82 bits per heavy atom. The second-order valence-electron chi connectivity index (χ2n) is 13.6. The van der Waals surface area contributed by atoms with Crippen molar-refractivity contribution in [3.63, 3.8) is 0 Å². The van der Waals surface area contributed by atoms with Crippen molar-refractivity contribution >= 4 is 53.4 Å². The van der Waals surface area contributed by atoms with Crippen molar-refractivity contribution < 1.29 is 71.9 Å². The summed E-state index contributed by atoms with van der Waals surface area (Å²) in [5, 5.41) is 24.7. The first-order valence-corrected chi connectivity index (χ1v) is 20.0. The Kier molecular flexibility index (Phi) is 28.2. The highest BCUT2D eigenvalue weighted by Gasteiger charge is 2.31. The number of hydrogen-bond donors (Lipinski definition) is 8. The van der Waals surface area contributed by atoms with E-state index in [1.807, 2.05) is 0 Å². The maximum atomic E-state index is 13.6. The minimum absolute atomic E-state index is 0.0187. The third kappa shape index (κ3) is 27.0. The molecule has 0 aliphatic heterocycles. The lowest BCUT2D eigenvalue weighted by Crippen LogP contribution is -2.58. The van der Waals surface area contributed by atoms with Gasteiger partial charge in [-0.15, -0.1) is 0 Å². The van der Waals surface area contributed by atoms with Crippen LogP contribution in [0.1, 0.15) is 65.4 Å². The predicted octanol–water partition coefficient (Wildman–Crippen LogP) is 0.315. The van der Waals surface area contributed by atoms with E-state index in [9.17, 15) is 43.5 Å². The number of alkyl carbamates (subject to hydrolysis) is 1. The van der Waals surface area contributed by atoms with Gasteiger partial charge < -0.3 is 71.2 Å². The van der Waals surface area contributed by atoms with Crippen LogP contribution in [0.15, 0.2) is 24.3 Å². The zero-order chi connectivity index (χ0) is 45.4. The first-order valence-electron chi connectivity index (χ1n) is 20.0. The third-order valence-corrected chi connectivity index (χ3v) is 8.19. The van der Waals surface area contributed by atoms with E-state index in [-0.39, 0.29) is 65.3 Å². The summed E-state index contributed by atoms with van der Waals surface area (Å²) in [6.45, 7) is 9.04. The molecule has 0 fully saturated rings. The van der Waals surface area contributed by atoms with E-state index in [1.54, 1.807) is 45.0 Å². The van der Waals surface area contributed by atoms with Gasteiger partial charge in [-0.1, -0.05) is 26.0 Å². The standard InChI is InChI=1S/C39H63N7O15/c1-5-60-39(55)42-16-18-57-20-22-59-24-23-58-21-19-56-17-14-32(48)44-31(12-13-33(49)50)36(52)46-34(26(2)3)37(53)45-30(7-6-15-41-38(40)54)35(51)43-29-10-8-28(9-11-29)25-61-27(4)47/h8-11,26,30-31,34H,5-7,12-25H2,1-4H3,(H,42,55)(H,43,51)(H,44,48)(H,45,53)(H,46,52)(H,49,50)(H3,40,41,54)/t30-,31-,34-/m0/s1. The fraction of sp³-hybridized carbons (Fsp3) is 0.641. The molecular weight excluding hydrogens is 806 g/mol. The van der Waals surface area contributed by atoms with E-state index < -0.39 is 78.2 Å². The lowest BCUT2D eigenvalue weighted by atomic mass is 10.0. The van der Waals surface area contributed by atoms with Crippen LogP contribution in [-0.2, 0) is 63.8 Å². The van der Waals surface area contributed by atoms with E-state index in [2.05, 4.69) is 31.9 Å². The van der Waals surface area contributed by atoms with Gasteiger partial charge in [0.2, 0.25) is 23.6 Å². The highest BCUT2D eigenvalue weighted by atomic mass is 16.6. The van der Waals surface area contributed by atoms with Crippen LogP contribution >= 0.6 is 0 Å². The Hall–Kier alpha value is -5.58. The van der Waals surface area contributed by atoms with E-state index in [0.29, 0.717) is 50.8 Å². The monoisotopic (exact) mass is 869 g/mol.